The van der Waals surface area contributed by atoms with Crippen LogP contribution in [0.15, 0.2) is 24.3 Å². The summed E-state index contributed by atoms with van der Waals surface area (Å²) in [7, 11) is -3.97. The third-order valence-corrected chi connectivity index (χ3v) is 3.19. The van der Waals surface area contributed by atoms with E-state index in [1.54, 1.807) is 12.1 Å². The number of hydrogen-bond donors (Lipinski definition) is 1. The van der Waals surface area contributed by atoms with Crippen molar-refractivity contribution in [1.29, 1.82) is 0 Å². The maximum Gasteiger partial charge on any atom is 0.527 e. The van der Waals surface area contributed by atoms with Crippen LogP contribution in [0.2, 0.25) is 0 Å². The van der Waals surface area contributed by atoms with E-state index in [0.717, 1.165) is 24.8 Å². The number of rotatable bonds is 7. The molecule has 0 fully saturated rings. The molecule has 0 amide bonds. The van der Waals surface area contributed by atoms with Gasteiger partial charge >= 0.3 is 7.82 Å². The maximum atomic E-state index is 11.5. The molecule has 0 aliphatic rings. The van der Waals surface area contributed by atoms with Crippen molar-refractivity contribution in [1.82, 2.24) is 0 Å². The quantitative estimate of drug-likeness (QED) is 0.598. The highest BCUT2D eigenvalue weighted by Crippen LogP contribution is 2.43. The molecule has 0 heterocycles. The van der Waals surface area contributed by atoms with Gasteiger partial charge in [0.25, 0.3) is 0 Å². The van der Waals surface area contributed by atoms with Gasteiger partial charge in [-0.25, -0.2) is 4.57 Å². The van der Waals surface area contributed by atoms with E-state index in [1.165, 1.54) is 0 Å². The van der Waals surface area contributed by atoms with Gasteiger partial charge in [-0.15, -0.1) is 0 Å². The van der Waals surface area contributed by atoms with Gasteiger partial charge in [0.1, 0.15) is 5.75 Å². The second kappa shape index (κ2) is 6.80. The second-order valence-electron chi connectivity index (χ2n) is 3.91. The number of benzene rings is 1. The van der Waals surface area contributed by atoms with Crippen LogP contribution in [0.1, 0.15) is 31.7 Å². The summed E-state index contributed by atoms with van der Waals surface area (Å²) in [5.41, 5.74) is 1.06. The van der Waals surface area contributed by atoms with E-state index in [-0.39, 0.29) is 6.61 Å². The average molecular weight is 258 g/mol. The zero-order valence-corrected chi connectivity index (χ0v) is 11.2. The molecular weight excluding hydrogens is 239 g/mol. The first-order valence-electron chi connectivity index (χ1n) is 5.77. The highest BCUT2D eigenvalue weighted by atomic mass is 31.2. The van der Waals surface area contributed by atoms with Crippen molar-refractivity contribution in [2.24, 2.45) is 0 Å². The first-order chi connectivity index (χ1) is 8.03. The van der Waals surface area contributed by atoms with E-state index < -0.39 is 7.82 Å². The van der Waals surface area contributed by atoms with Crippen LogP contribution in [-0.4, -0.2) is 11.5 Å². The molecule has 0 aliphatic carbocycles. The minimum absolute atomic E-state index is 0.244. The molecule has 1 aromatic rings. The molecule has 1 rings (SSSR count). The fourth-order valence-corrected chi connectivity index (χ4v) is 2.09. The number of hydrogen-bond acceptors (Lipinski definition) is 3. The number of unbranched alkanes of at least 4 members (excludes halogenated alkanes) is 2. The lowest BCUT2D eigenvalue weighted by Crippen LogP contribution is -1.99. The van der Waals surface area contributed by atoms with Crippen molar-refractivity contribution < 1.29 is 18.5 Å². The minimum Gasteiger partial charge on any atom is -0.404 e. The normalized spacial score (nSPS) is 14.3. The third-order valence-electron chi connectivity index (χ3n) is 2.24. The minimum atomic E-state index is -3.97. The Hall–Kier alpha value is -0.830. The van der Waals surface area contributed by atoms with Crippen molar-refractivity contribution in [3.8, 4) is 5.75 Å². The van der Waals surface area contributed by atoms with Crippen LogP contribution in [0.25, 0.3) is 0 Å². The van der Waals surface area contributed by atoms with Crippen LogP contribution in [0.5, 0.6) is 5.75 Å². The highest BCUT2D eigenvalue weighted by Gasteiger charge is 2.22. The molecular formula is C12H19O4P. The summed E-state index contributed by atoms with van der Waals surface area (Å²) in [6, 6.07) is 6.92. The molecule has 0 spiro atoms. The van der Waals surface area contributed by atoms with E-state index in [4.69, 9.17) is 9.05 Å². The summed E-state index contributed by atoms with van der Waals surface area (Å²) in [5.74, 6) is 0.344. The fraction of sp³-hybridized carbons (Fsp3) is 0.500. The second-order valence-corrected chi connectivity index (χ2v) is 5.29. The zero-order chi connectivity index (χ0) is 12.7. The summed E-state index contributed by atoms with van der Waals surface area (Å²) in [5, 5.41) is 0. The monoisotopic (exact) mass is 258 g/mol. The van der Waals surface area contributed by atoms with Crippen LogP contribution < -0.4 is 4.52 Å². The van der Waals surface area contributed by atoms with Crippen LogP contribution in [-0.2, 0) is 9.09 Å². The van der Waals surface area contributed by atoms with Crippen molar-refractivity contribution in [2.45, 2.75) is 33.1 Å². The van der Waals surface area contributed by atoms with Gasteiger partial charge in [-0.05, 0) is 25.5 Å². The Morgan fingerprint density at radius 2 is 1.88 bits per heavy atom. The molecule has 1 unspecified atom stereocenters. The first-order valence-corrected chi connectivity index (χ1v) is 7.26. The molecule has 0 saturated heterocycles. The molecule has 1 atom stereocenters. The summed E-state index contributed by atoms with van der Waals surface area (Å²) < 4.78 is 21.3. The zero-order valence-electron chi connectivity index (χ0n) is 10.3. The van der Waals surface area contributed by atoms with E-state index in [1.807, 2.05) is 19.1 Å². The van der Waals surface area contributed by atoms with E-state index in [2.05, 4.69) is 6.92 Å². The maximum absolute atomic E-state index is 11.5. The lowest BCUT2D eigenvalue weighted by atomic mass is 10.2. The molecule has 5 heteroatoms. The van der Waals surface area contributed by atoms with Crippen molar-refractivity contribution in [3.05, 3.63) is 29.8 Å². The molecule has 0 saturated carbocycles. The highest BCUT2D eigenvalue weighted by molar-refractivity contribution is 7.47. The lowest BCUT2D eigenvalue weighted by Gasteiger charge is -2.12. The lowest BCUT2D eigenvalue weighted by molar-refractivity contribution is 0.199. The predicted octanol–water partition coefficient (Wildman–Crippen LogP) is 3.68. The Balaban J connectivity index is 2.43. The summed E-state index contributed by atoms with van der Waals surface area (Å²) in [4.78, 5) is 9.45. The van der Waals surface area contributed by atoms with Gasteiger partial charge in [0.2, 0.25) is 0 Å². The molecule has 4 nitrogen and oxygen atoms in total. The standard InChI is InChI=1S/C12H19O4P/c1-3-4-5-10-15-17(13,14)16-12-8-6-11(2)7-9-12/h6-9H,3-5,10H2,1-2H3,(H,13,14). The molecule has 0 bridgehead atoms. The Labute approximate surface area is 102 Å². The predicted molar refractivity (Wildman–Crippen MR) is 67.1 cm³/mol. The molecule has 0 aromatic heterocycles. The largest absolute Gasteiger partial charge is 0.527 e. The van der Waals surface area contributed by atoms with Crippen LogP contribution in [0.3, 0.4) is 0 Å². The number of phosphoric acid groups is 1. The van der Waals surface area contributed by atoms with Gasteiger partial charge in [0.15, 0.2) is 0 Å². The Bertz CT molecular complexity index is 375. The Morgan fingerprint density at radius 1 is 1.24 bits per heavy atom. The molecule has 17 heavy (non-hydrogen) atoms. The van der Waals surface area contributed by atoms with E-state index >= 15 is 0 Å². The van der Waals surface area contributed by atoms with Gasteiger partial charge in [0.05, 0.1) is 6.61 Å². The Kier molecular flexibility index (Phi) is 5.69. The van der Waals surface area contributed by atoms with E-state index in [9.17, 15) is 9.46 Å². The summed E-state index contributed by atoms with van der Waals surface area (Å²) in [6.45, 7) is 4.23. The topological polar surface area (TPSA) is 55.8 Å². The molecule has 1 N–H and O–H groups in total. The van der Waals surface area contributed by atoms with Crippen LogP contribution in [0.4, 0.5) is 0 Å². The van der Waals surface area contributed by atoms with Crippen molar-refractivity contribution in [2.75, 3.05) is 6.61 Å². The SMILES string of the molecule is CCCCCOP(=O)(O)Oc1ccc(C)cc1. The Morgan fingerprint density at radius 3 is 2.47 bits per heavy atom. The van der Waals surface area contributed by atoms with Crippen LogP contribution in [0, 0.1) is 6.92 Å². The molecule has 1 aromatic carbocycles. The van der Waals surface area contributed by atoms with Gasteiger partial charge in [0, 0.05) is 0 Å². The summed E-state index contributed by atoms with van der Waals surface area (Å²) >= 11 is 0. The third kappa shape index (κ3) is 5.87. The van der Waals surface area contributed by atoms with Gasteiger partial charge in [-0.3, -0.25) is 9.42 Å². The summed E-state index contributed by atoms with van der Waals surface area (Å²) in [6.07, 6.45) is 2.78. The van der Waals surface area contributed by atoms with Gasteiger partial charge in [-0.1, -0.05) is 37.5 Å². The number of aryl methyl sites for hydroxylation is 1. The molecule has 96 valence electrons. The van der Waals surface area contributed by atoms with Gasteiger partial charge in [-0.2, -0.15) is 0 Å². The van der Waals surface area contributed by atoms with Gasteiger partial charge < -0.3 is 4.52 Å². The average Bonchev–Trinajstić information content (AvgIpc) is 2.27. The van der Waals surface area contributed by atoms with Crippen molar-refractivity contribution >= 4 is 7.82 Å². The van der Waals surface area contributed by atoms with E-state index in [0.29, 0.717) is 5.75 Å². The first kappa shape index (κ1) is 14.2. The smallest absolute Gasteiger partial charge is 0.404 e. The molecule has 0 aliphatic heterocycles. The van der Waals surface area contributed by atoms with Crippen LogP contribution >= 0.6 is 7.82 Å². The number of phosphoric ester groups is 1. The molecule has 0 radical (unpaired) electrons. The fourth-order valence-electron chi connectivity index (χ4n) is 1.29. The van der Waals surface area contributed by atoms with Crippen molar-refractivity contribution in [3.63, 3.8) is 0 Å².